The highest BCUT2D eigenvalue weighted by atomic mass is 16.2. The molecule has 136 valence electrons. The maximum absolute atomic E-state index is 12.7. The summed E-state index contributed by atoms with van der Waals surface area (Å²) in [6.07, 6.45) is 3.81. The largest absolute Gasteiger partial charge is 0.325 e. The molecule has 6 rings (SSSR count). The summed E-state index contributed by atoms with van der Waals surface area (Å²) in [6.45, 7) is 1.18. The molecule has 1 aromatic carbocycles. The Kier molecular flexibility index (Phi) is 3.16. The van der Waals surface area contributed by atoms with Crippen LogP contribution in [0, 0.1) is 0 Å². The quantitative estimate of drug-likeness (QED) is 0.669. The van der Waals surface area contributed by atoms with Gasteiger partial charge in [-0.3, -0.25) is 19.7 Å². The van der Waals surface area contributed by atoms with Crippen LogP contribution in [0.5, 0.6) is 0 Å². The number of fused-ring (bicyclic) bond motifs is 1. The van der Waals surface area contributed by atoms with E-state index in [2.05, 4.69) is 16.7 Å². The number of hydrogen-bond acceptors (Lipinski definition) is 5. The summed E-state index contributed by atoms with van der Waals surface area (Å²) in [7, 11) is 0. The van der Waals surface area contributed by atoms with Gasteiger partial charge in [0, 0.05) is 36.2 Å². The Morgan fingerprint density at radius 2 is 2.00 bits per heavy atom. The van der Waals surface area contributed by atoms with Crippen molar-refractivity contribution in [2.75, 3.05) is 0 Å². The normalized spacial score (nSPS) is 34.9. The maximum atomic E-state index is 12.7. The summed E-state index contributed by atoms with van der Waals surface area (Å²) in [4.78, 5) is 37.7. The molecule has 7 nitrogen and oxygen atoms in total. The zero-order valence-electron chi connectivity index (χ0n) is 14.5. The molecule has 1 unspecified atom stereocenters. The molecule has 3 amide bonds. The molecule has 7 heteroatoms. The number of nitrogens with zero attached hydrogens (tertiary/aromatic N) is 1. The fourth-order valence-corrected chi connectivity index (χ4v) is 5.08. The molecule has 2 bridgehead atoms. The van der Waals surface area contributed by atoms with Crippen molar-refractivity contribution in [1.82, 2.24) is 15.5 Å². The first-order valence-electron chi connectivity index (χ1n) is 9.17. The number of carbonyl (C=O) groups excluding carboxylic acids is 3. The molecular weight excluding hydrogens is 332 g/mol. The van der Waals surface area contributed by atoms with E-state index in [0.29, 0.717) is 18.5 Å². The van der Waals surface area contributed by atoms with Crippen molar-refractivity contribution >= 4 is 17.7 Å². The molecule has 26 heavy (non-hydrogen) atoms. The number of piperidine rings is 1. The van der Waals surface area contributed by atoms with Gasteiger partial charge in [0.1, 0.15) is 6.04 Å². The number of carbonyl (C=O) groups is 3. The summed E-state index contributed by atoms with van der Waals surface area (Å²) in [5.41, 5.74) is 9.15. The first-order chi connectivity index (χ1) is 12.4. The van der Waals surface area contributed by atoms with Crippen molar-refractivity contribution in [2.45, 2.75) is 62.3 Å². The van der Waals surface area contributed by atoms with Crippen molar-refractivity contribution in [3.05, 3.63) is 34.9 Å². The number of nitrogens with one attached hydrogen (secondary N) is 2. The lowest BCUT2D eigenvalue weighted by molar-refractivity contribution is -0.136. The molecule has 1 aromatic rings. The second kappa shape index (κ2) is 5.14. The van der Waals surface area contributed by atoms with E-state index in [1.54, 1.807) is 4.90 Å². The Morgan fingerprint density at radius 1 is 1.23 bits per heavy atom. The van der Waals surface area contributed by atoms with Crippen LogP contribution in [0.25, 0.3) is 0 Å². The van der Waals surface area contributed by atoms with Crippen LogP contribution in [0.4, 0.5) is 0 Å². The van der Waals surface area contributed by atoms with Crippen LogP contribution in [-0.4, -0.2) is 39.7 Å². The Balaban J connectivity index is 1.28. The second-order valence-electron chi connectivity index (χ2n) is 8.42. The molecule has 4 fully saturated rings. The van der Waals surface area contributed by atoms with Crippen LogP contribution in [0.2, 0.25) is 0 Å². The van der Waals surface area contributed by atoms with Gasteiger partial charge in [-0.1, -0.05) is 12.1 Å². The van der Waals surface area contributed by atoms with E-state index in [-0.39, 0.29) is 35.2 Å². The molecule has 1 atom stereocenters. The minimum absolute atomic E-state index is 0.0831. The third-order valence-electron chi connectivity index (χ3n) is 6.33. The standard InChI is InChI=1S/C19H22N4O3/c20-18-8-19(9-18,10-18)21-6-11-1-2-13-12(5-11)7-23(17(13)26)14-3-4-15(24)22-16(14)25/h1-2,5,14,21H,3-4,6-10,20H2,(H,22,24,25). The van der Waals surface area contributed by atoms with Gasteiger partial charge in [-0.25, -0.2) is 0 Å². The van der Waals surface area contributed by atoms with E-state index in [9.17, 15) is 14.4 Å². The van der Waals surface area contributed by atoms with Gasteiger partial charge in [-0.05, 0) is 42.9 Å². The monoisotopic (exact) mass is 354 g/mol. The Labute approximate surface area is 151 Å². The van der Waals surface area contributed by atoms with Crippen molar-refractivity contribution < 1.29 is 14.4 Å². The van der Waals surface area contributed by atoms with Crippen LogP contribution in [-0.2, 0) is 22.7 Å². The van der Waals surface area contributed by atoms with Crippen molar-refractivity contribution in [1.29, 1.82) is 0 Å². The van der Waals surface area contributed by atoms with E-state index in [4.69, 9.17) is 5.73 Å². The van der Waals surface area contributed by atoms with Crippen molar-refractivity contribution in [3.63, 3.8) is 0 Å². The lowest BCUT2D eigenvalue weighted by Gasteiger charge is -2.69. The molecule has 1 saturated heterocycles. The smallest absolute Gasteiger partial charge is 0.255 e. The van der Waals surface area contributed by atoms with Gasteiger partial charge in [0.15, 0.2) is 0 Å². The number of rotatable bonds is 4. The molecule has 3 aliphatic carbocycles. The third-order valence-corrected chi connectivity index (χ3v) is 6.33. The number of hydrogen-bond donors (Lipinski definition) is 3. The van der Waals surface area contributed by atoms with Crippen LogP contribution in [0.3, 0.4) is 0 Å². The zero-order valence-corrected chi connectivity index (χ0v) is 14.5. The summed E-state index contributed by atoms with van der Waals surface area (Å²) in [6, 6.07) is 5.32. The highest BCUT2D eigenvalue weighted by Gasteiger charge is 2.65. The van der Waals surface area contributed by atoms with E-state index in [1.165, 1.54) is 0 Å². The van der Waals surface area contributed by atoms with Gasteiger partial charge in [0.05, 0.1) is 0 Å². The van der Waals surface area contributed by atoms with Crippen LogP contribution >= 0.6 is 0 Å². The predicted octanol–water partition coefficient (Wildman–Crippen LogP) is 0.171. The molecule has 2 heterocycles. The Hall–Kier alpha value is -2.25. The molecule has 0 aromatic heterocycles. The molecule has 0 spiro atoms. The van der Waals surface area contributed by atoms with Gasteiger partial charge < -0.3 is 16.0 Å². The van der Waals surface area contributed by atoms with Crippen LogP contribution in [0.15, 0.2) is 18.2 Å². The van der Waals surface area contributed by atoms with Gasteiger partial charge in [-0.2, -0.15) is 0 Å². The first-order valence-corrected chi connectivity index (χ1v) is 9.17. The number of imide groups is 1. The van der Waals surface area contributed by atoms with Gasteiger partial charge in [-0.15, -0.1) is 0 Å². The van der Waals surface area contributed by atoms with Gasteiger partial charge >= 0.3 is 0 Å². The number of amides is 3. The molecular formula is C19H22N4O3. The zero-order chi connectivity index (χ0) is 18.1. The lowest BCUT2D eigenvalue weighted by Crippen LogP contribution is -2.81. The second-order valence-corrected chi connectivity index (χ2v) is 8.42. The fraction of sp³-hybridized carbons (Fsp3) is 0.526. The average Bonchev–Trinajstić information content (AvgIpc) is 2.86. The van der Waals surface area contributed by atoms with E-state index in [1.807, 2.05) is 12.1 Å². The average molecular weight is 354 g/mol. The molecule has 3 saturated carbocycles. The minimum atomic E-state index is -0.560. The topological polar surface area (TPSA) is 105 Å². The first kappa shape index (κ1) is 16.0. The Bertz CT molecular complexity index is 829. The molecule has 0 radical (unpaired) electrons. The van der Waals surface area contributed by atoms with Gasteiger partial charge in [0.25, 0.3) is 5.91 Å². The minimum Gasteiger partial charge on any atom is -0.325 e. The highest BCUT2D eigenvalue weighted by molar-refractivity contribution is 6.05. The number of benzene rings is 1. The molecule has 2 aliphatic heterocycles. The Morgan fingerprint density at radius 3 is 2.69 bits per heavy atom. The SMILES string of the molecule is NC12CC(NCc3ccc4c(c3)CN(C3CCC(=O)NC3=O)C4=O)(C1)C2. The van der Waals surface area contributed by atoms with E-state index >= 15 is 0 Å². The van der Waals surface area contributed by atoms with Gasteiger partial charge in [0.2, 0.25) is 11.8 Å². The molecule has 4 N–H and O–H groups in total. The highest BCUT2D eigenvalue weighted by Crippen LogP contribution is 2.58. The lowest BCUT2D eigenvalue weighted by atomic mass is 9.44. The van der Waals surface area contributed by atoms with Crippen molar-refractivity contribution in [3.8, 4) is 0 Å². The summed E-state index contributed by atoms with van der Waals surface area (Å²) < 4.78 is 0. The summed E-state index contributed by atoms with van der Waals surface area (Å²) in [5, 5.41) is 5.94. The van der Waals surface area contributed by atoms with Crippen LogP contribution in [0.1, 0.15) is 53.6 Å². The summed E-state index contributed by atoms with van der Waals surface area (Å²) in [5.74, 6) is -0.765. The van der Waals surface area contributed by atoms with E-state index in [0.717, 1.165) is 36.9 Å². The van der Waals surface area contributed by atoms with Crippen LogP contribution < -0.4 is 16.4 Å². The predicted molar refractivity (Wildman–Crippen MR) is 92.8 cm³/mol. The fourth-order valence-electron chi connectivity index (χ4n) is 5.08. The summed E-state index contributed by atoms with van der Waals surface area (Å²) >= 11 is 0. The number of nitrogens with two attached hydrogens (primary N) is 1. The molecule has 5 aliphatic rings. The van der Waals surface area contributed by atoms with E-state index < -0.39 is 6.04 Å². The maximum Gasteiger partial charge on any atom is 0.255 e. The van der Waals surface area contributed by atoms with Crippen molar-refractivity contribution in [2.24, 2.45) is 5.73 Å². The third kappa shape index (κ3) is 2.30.